The molecule has 0 radical (unpaired) electrons. The third-order valence-electron chi connectivity index (χ3n) is 3.36. The number of thiazole rings is 1. The van der Waals surface area contributed by atoms with Gasteiger partial charge in [0.2, 0.25) is 0 Å². The minimum atomic E-state index is -0.722. The summed E-state index contributed by atoms with van der Waals surface area (Å²) in [6.07, 6.45) is -0.722. The number of ether oxygens (including phenoxy) is 1. The van der Waals surface area contributed by atoms with Gasteiger partial charge in [0.05, 0.1) is 17.8 Å². The molecule has 20 heavy (non-hydrogen) atoms. The number of benzene rings is 1. The second-order valence-corrected chi connectivity index (χ2v) is 5.89. The Morgan fingerprint density at radius 1 is 1.40 bits per heavy atom. The molecule has 0 aliphatic heterocycles. The first-order chi connectivity index (χ1) is 9.56. The smallest absolute Gasteiger partial charge is 0.122 e. The van der Waals surface area contributed by atoms with Crippen molar-refractivity contribution < 1.29 is 9.84 Å². The average molecular weight is 292 g/mol. The molecule has 3 N–H and O–H groups in total. The van der Waals surface area contributed by atoms with Crippen molar-refractivity contribution in [3.05, 3.63) is 45.4 Å². The summed E-state index contributed by atoms with van der Waals surface area (Å²) in [5, 5.41) is 13.4. The first kappa shape index (κ1) is 15.0. The van der Waals surface area contributed by atoms with Crippen molar-refractivity contribution in [2.45, 2.75) is 25.9 Å². The van der Waals surface area contributed by atoms with E-state index in [0.717, 1.165) is 21.9 Å². The molecule has 108 valence electrons. The Bertz CT molecular complexity index is 583. The van der Waals surface area contributed by atoms with Gasteiger partial charge in [-0.25, -0.2) is 4.98 Å². The molecule has 0 fully saturated rings. The molecule has 0 aliphatic carbocycles. The van der Waals surface area contributed by atoms with Gasteiger partial charge in [-0.05, 0) is 19.9 Å². The van der Waals surface area contributed by atoms with E-state index in [1.165, 1.54) is 11.3 Å². The lowest BCUT2D eigenvalue weighted by atomic mass is 9.90. The summed E-state index contributed by atoms with van der Waals surface area (Å²) in [6.45, 7) is 4.26. The first-order valence-electron chi connectivity index (χ1n) is 6.51. The molecular formula is C15H20N2O2S. The number of rotatable bonds is 5. The fraction of sp³-hybridized carbons (Fsp3) is 0.400. The van der Waals surface area contributed by atoms with Crippen molar-refractivity contribution in [3.8, 4) is 5.75 Å². The van der Waals surface area contributed by atoms with E-state index in [1.54, 1.807) is 7.11 Å². The maximum Gasteiger partial charge on any atom is 0.122 e. The number of nitrogens with two attached hydrogens (primary N) is 1. The van der Waals surface area contributed by atoms with Crippen LogP contribution in [0.2, 0.25) is 0 Å². The number of aliphatic hydroxyl groups is 1. The SMILES string of the molecule is COc1ccc(C)cc1C(CN)C(O)c1csc(C)n1. The molecule has 2 atom stereocenters. The van der Waals surface area contributed by atoms with Crippen LogP contribution in [0.15, 0.2) is 23.6 Å². The third-order valence-corrected chi connectivity index (χ3v) is 4.15. The van der Waals surface area contributed by atoms with Crippen LogP contribution in [0.1, 0.15) is 33.9 Å². The van der Waals surface area contributed by atoms with Gasteiger partial charge in [-0.2, -0.15) is 0 Å². The van der Waals surface area contributed by atoms with E-state index in [2.05, 4.69) is 4.98 Å². The van der Waals surface area contributed by atoms with E-state index < -0.39 is 6.10 Å². The summed E-state index contributed by atoms with van der Waals surface area (Å²) in [4.78, 5) is 4.36. The molecule has 0 aliphatic rings. The standard InChI is InChI=1S/C15H20N2O2S/c1-9-4-5-14(19-3)11(6-9)12(7-16)15(18)13-8-20-10(2)17-13/h4-6,8,12,15,18H,7,16H2,1-3H3. The monoisotopic (exact) mass is 292 g/mol. The second kappa shape index (κ2) is 6.35. The lowest BCUT2D eigenvalue weighted by molar-refractivity contribution is 0.142. The minimum absolute atomic E-state index is 0.230. The molecule has 2 aromatic rings. The molecular weight excluding hydrogens is 272 g/mol. The zero-order valence-electron chi connectivity index (χ0n) is 12.0. The molecule has 5 heteroatoms. The van der Waals surface area contributed by atoms with Crippen LogP contribution in [-0.4, -0.2) is 23.7 Å². The number of hydrogen-bond acceptors (Lipinski definition) is 5. The van der Waals surface area contributed by atoms with Crippen LogP contribution in [0.25, 0.3) is 0 Å². The highest BCUT2D eigenvalue weighted by Gasteiger charge is 2.26. The average Bonchev–Trinajstić information content (AvgIpc) is 2.86. The summed E-state index contributed by atoms with van der Waals surface area (Å²) >= 11 is 1.53. The Morgan fingerprint density at radius 3 is 2.70 bits per heavy atom. The molecule has 2 rings (SSSR count). The maximum atomic E-state index is 10.6. The predicted molar refractivity (Wildman–Crippen MR) is 81.3 cm³/mol. The Morgan fingerprint density at radius 2 is 2.15 bits per heavy atom. The fourth-order valence-electron chi connectivity index (χ4n) is 2.29. The van der Waals surface area contributed by atoms with Gasteiger partial charge in [0.15, 0.2) is 0 Å². The Balaban J connectivity index is 2.39. The summed E-state index contributed by atoms with van der Waals surface area (Å²) in [6, 6.07) is 5.90. The Hall–Kier alpha value is -1.43. The maximum absolute atomic E-state index is 10.6. The van der Waals surface area contributed by atoms with Crippen molar-refractivity contribution in [2.75, 3.05) is 13.7 Å². The van der Waals surface area contributed by atoms with Crippen LogP contribution in [0.3, 0.4) is 0 Å². The van der Waals surface area contributed by atoms with Crippen LogP contribution >= 0.6 is 11.3 Å². The van der Waals surface area contributed by atoms with E-state index in [9.17, 15) is 5.11 Å². The first-order valence-corrected chi connectivity index (χ1v) is 7.39. The number of methoxy groups -OCH3 is 1. The highest BCUT2D eigenvalue weighted by Crippen LogP contribution is 2.36. The topological polar surface area (TPSA) is 68.4 Å². The molecule has 4 nitrogen and oxygen atoms in total. The zero-order chi connectivity index (χ0) is 14.7. The summed E-state index contributed by atoms with van der Waals surface area (Å²) in [5.41, 5.74) is 8.59. The van der Waals surface area contributed by atoms with Gasteiger partial charge in [-0.1, -0.05) is 17.7 Å². The van der Waals surface area contributed by atoms with Crippen LogP contribution in [0.5, 0.6) is 5.75 Å². The zero-order valence-corrected chi connectivity index (χ0v) is 12.8. The van der Waals surface area contributed by atoms with Gasteiger partial charge in [0.1, 0.15) is 11.9 Å². The quantitative estimate of drug-likeness (QED) is 0.888. The summed E-state index contributed by atoms with van der Waals surface area (Å²) in [5.74, 6) is 0.517. The summed E-state index contributed by atoms with van der Waals surface area (Å²) < 4.78 is 5.39. The Labute approximate surface area is 123 Å². The van der Waals surface area contributed by atoms with Crippen molar-refractivity contribution in [1.82, 2.24) is 4.98 Å². The number of hydrogen-bond donors (Lipinski definition) is 2. The molecule has 2 unspecified atom stereocenters. The van der Waals surface area contributed by atoms with Crippen LogP contribution in [0, 0.1) is 13.8 Å². The van der Waals surface area contributed by atoms with Crippen LogP contribution in [0.4, 0.5) is 0 Å². The summed E-state index contributed by atoms with van der Waals surface area (Å²) in [7, 11) is 1.63. The minimum Gasteiger partial charge on any atom is -0.496 e. The lowest BCUT2D eigenvalue weighted by Gasteiger charge is -2.23. The van der Waals surface area contributed by atoms with Gasteiger partial charge >= 0.3 is 0 Å². The molecule has 0 saturated heterocycles. The largest absolute Gasteiger partial charge is 0.496 e. The molecule has 0 saturated carbocycles. The Kier molecular flexibility index (Phi) is 4.75. The van der Waals surface area contributed by atoms with Crippen molar-refractivity contribution >= 4 is 11.3 Å². The molecule has 0 spiro atoms. The van der Waals surface area contributed by atoms with E-state index in [0.29, 0.717) is 12.2 Å². The number of aromatic nitrogens is 1. The van der Waals surface area contributed by atoms with Crippen molar-refractivity contribution in [3.63, 3.8) is 0 Å². The lowest BCUT2D eigenvalue weighted by Crippen LogP contribution is -2.21. The molecule has 0 bridgehead atoms. The number of nitrogens with zero attached hydrogens (tertiary/aromatic N) is 1. The van der Waals surface area contributed by atoms with Crippen LogP contribution in [-0.2, 0) is 0 Å². The highest BCUT2D eigenvalue weighted by atomic mass is 32.1. The van der Waals surface area contributed by atoms with E-state index in [1.807, 2.05) is 37.4 Å². The van der Waals surface area contributed by atoms with Gasteiger partial charge in [0, 0.05) is 23.4 Å². The molecule has 1 aromatic heterocycles. The molecule has 1 aromatic carbocycles. The predicted octanol–water partition coefficient (Wildman–Crippen LogP) is 2.54. The van der Waals surface area contributed by atoms with Gasteiger partial charge in [-0.3, -0.25) is 0 Å². The van der Waals surface area contributed by atoms with E-state index >= 15 is 0 Å². The van der Waals surface area contributed by atoms with Crippen molar-refractivity contribution in [1.29, 1.82) is 0 Å². The number of aryl methyl sites for hydroxylation is 2. The highest BCUT2D eigenvalue weighted by molar-refractivity contribution is 7.09. The van der Waals surface area contributed by atoms with E-state index in [4.69, 9.17) is 10.5 Å². The van der Waals surface area contributed by atoms with Gasteiger partial charge < -0.3 is 15.6 Å². The molecule has 1 heterocycles. The van der Waals surface area contributed by atoms with Crippen molar-refractivity contribution in [2.24, 2.45) is 5.73 Å². The third kappa shape index (κ3) is 3.00. The van der Waals surface area contributed by atoms with Crippen LogP contribution < -0.4 is 10.5 Å². The normalized spacial score (nSPS) is 14.1. The van der Waals surface area contributed by atoms with Gasteiger partial charge in [0.25, 0.3) is 0 Å². The number of aliphatic hydroxyl groups excluding tert-OH is 1. The van der Waals surface area contributed by atoms with Gasteiger partial charge in [-0.15, -0.1) is 11.3 Å². The fourth-order valence-corrected chi connectivity index (χ4v) is 2.93. The molecule has 0 amide bonds. The second-order valence-electron chi connectivity index (χ2n) is 4.82. The van der Waals surface area contributed by atoms with E-state index in [-0.39, 0.29) is 5.92 Å².